The number of hydrogen-bond donors (Lipinski definition) is 1. The fraction of sp³-hybridized carbons (Fsp3) is 0.438. The zero-order valence-corrected chi connectivity index (χ0v) is 12.4. The van der Waals surface area contributed by atoms with Gasteiger partial charge in [0.15, 0.2) is 5.82 Å². The van der Waals surface area contributed by atoms with Crippen molar-refractivity contribution in [2.45, 2.75) is 31.7 Å². The summed E-state index contributed by atoms with van der Waals surface area (Å²) in [7, 11) is 0. The van der Waals surface area contributed by atoms with Crippen molar-refractivity contribution < 1.29 is 9.21 Å². The second kappa shape index (κ2) is 7.06. The monoisotopic (exact) mass is 300 g/mol. The smallest absolute Gasteiger partial charge is 0.220 e. The Balaban J connectivity index is 1.47. The van der Waals surface area contributed by atoms with E-state index in [1.165, 1.54) is 0 Å². The Kier molecular flexibility index (Phi) is 4.68. The molecule has 1 saturated heterocycles. The highest BCUT2D eigenvalue weighted by atomic mass is 16.3. The van der Waals surface area contributed by atoms with Gasteiger partial charge < -0.3 is 14.6 Å². The number of carbonyl (C=O) groups excluding carboxylic acids is 1. The van der Waals surface area contributed by atoms with E-state index < -0.39 is 0 Å². The summed E-state index contributed by atoms with van der Waals surface area (Å²) in [5, 5.41) is 11.1. The van der Waals surface area contributed by atoms with Gasteiger partial charge in [-0.05, 0) is 37.1 Å². The summed E-state index contributed by atoms with van der Waals surface area (Å²) >= 11 is 0. The predicted octanol–water partition coefficient (Wildman–Crippen LogP) is 1.79. The molecule has 1 aliphatic heterocycles. The van der Waals surface area contributed by atoms with Gasteiger partial charge in [-0.1, -0.05) is 0 Å². The first kappa shape index (κ1) is 14.6. The molecule has 0 spiro atoms. The highest BCUT2D eigenvalue weighted by molar-refractivity contribution is 5.76. The molecule has 6 nitrogen and oxygen atoms in total. The molecule has 1 fully saturated rings. The average Bonchev–Trinajstić information content (AvgIpc) is 3.23. The first-order valence-corrected chi connectivity index (χ1v) is 7.66. The van der Waals surface area contributed by atoms with Crippen LogP contribution in [0.3, 0.4) is 0 Å². The lowest BCUT2D eigenvalue weighted by molar-refractivity contribution is -0.121. The average molecular weight is 300 g/mol. The van der Waals surface area contributed by atoms with E-state index in [9.17, 15) is 4.79 Å². The first-order valence-electron chi connectivity index (χ1n) is 7.66. The quantitative estimate of drug-likeness (QED) is 0.880. The second-order valence-electron chi connectivity index (χ2n) is 5.45. The molecular weight excluding hydrogens is 280 g/mol. The number of nitrogens with zero attached hydrogens (tertiary/aromatic N) is 3. The fourth-order valence-corrected chi connectivity index (χ4v) is 2.81. The molecule has 22 heavy (non-hydrogen) atoms. The van der Waals surface area contributed by atoms with Crippen molar-refractivity contribution in [3.05, 3.63) is 42.5 Å². The summed E-state index contributed by atoms with van der Waals surface area (Å²) < 4.78 is 5.23. The van der Waals surface area contributed by atoms with Crippen LogP contribution in [0.2, 0.25) is 0 Å². The summed E-state index contributed by atoms with van der Waals surface area (Å²) in [5.41, 5.74) is 0. The number of carbonyl (C=O) groups is 1. The number of aromatic nitrogens is 2. The standard InChI is InChI=1S/C16H20N4O2/c21-16(8-7-14-5-3-11-22-14)17-12-13-4-2-10-20(13)15-6-1-9-18-19-15/h1,3,5-6,9,11,13H,2,4,7-8,10,12H2,(H,17,21). The van der Waals surface area contributed by atoms with Gasteiger partial charge in [-0.15, -0.1) is 5.10 Å². The SMILES string of the molecule is O=C(CCc1ccco1)NCC1CCCN1c1cccnn1. The highest BCUT2D eigenvalue weighted by Crippen LogP contribution is 2.22. The zero-order chi connectivity index (χ0) is 15.2. The molecular formula is C16H20N4O2. The van der Waals surface area contributed by atoms with Crippen molar-refractivity contribution in [3.63, 3.8) is 0 Å². The summed E-state index contributed by atoms with van der Waals surface area (Å²) in [5.74, 6) is 1.79. The van der Waals surface area contributed by atoms with E-state index in [1.807, 2.05) is 24.3 Å². The molecule has 3 rings (SSSR count). The molecule has 3 heterocycles. The summed E-state index contributed by atoms with van der Waals surface area (Å²) in [6.45, 7) is 1.61. The van der Waals surface area contributed by atoms with Crippen LogP contribution < -0.4 is 10.2 Å². The molecule has 2 aromatic rings. The van der Waals surface area contributed by atoms with E-state index in [0.29, 0.717) is 25.4 Å². The molecule has 0 radical (unpaired) electrons. The highest BCUT2D eigenvalue weighted by Gasteiger charge is 2.26. The molecule has 2 aromatic heterocycles. The topological polar surface area (TPSA) is 71.3 Å². The minimum absolute atomic E-state index is 0.0578. The van der Waals surface area contributed by atoms with Crippen LogP contribution in [0.4, 0.5) is 5.82 Å². The third-order valence-corrected chi connectivity index (χ3v) is 3.94. The molecule has 0 bridgehead atoms. The van der Waals surface area contributed by atoms with Gasteiger partial charge in [-0.25, -0.2) is 0 Å². The van der Waals surface area contributed by atoms with Gasteiger partial charge in [0.1, 0.15) is 5.76 Å². The molecule has 1 aliphatic rings. The van der Waals surface area contributed by atoms with Crippen LogP contribution in [-0.4, -0.2) is 35.2 Å². The zero-order valence-electron chi connectivity index (χ0n) is 12.4. The van der Waals surface area contributed by atoms with Crippen LogP contribution in [-0.2, 0) is 11.2 Å². The minimum atomic E-state index is 0.0578. The fourth-order valence-electron chi connectivity index (χ4n) is 2.81. The maximum absolute atomic E-state index is 11.9. The summed E-state index contributed by atoms with van der Waals surface area (Å²) in [6.07, 6.45) is 6.57. The van der Waals surface area contributed by atoms with Gasteiger partial charge in [0.2, 0.25) is 5.91 Å². The number of rotatable bonds is 6. The third kappa shape index (κ3) is 3.63. The lowest BCUT2D eigenvalue weighted by Crippen LogP contribution is -2.40. The lowest BCUT2D eigenvalue weighted by Gasteiger charge is -2.25. The van der Waals surface area contributed by atoms with E-state index in [1.54, 1.807) is 12.5 Å². The van der Waals surface area contributed by atoms with Gasteiger partial charge in [0.25, 0.3) is 0 Å². The van der Waals surface area contributed by atoms with Crippen molar-refractivity contribution in [1.29, 1.82) is 0 Å². The van der Waals surface area contributed by atoms with Crippen molar-refractivity contribution in [2.24, 2.45) is 0 Å². The molecule has 1 amide bonds. The second-order valence-corrected chi connectivity index (χ2v) is 5.45. The van der Waals surface area contributed by atoms with Crippen molar-refractivity contribution in [3.8, 4) is 0 Å². The van der Waals surface area contributed by atoms with E-state index in [4.69, 9.17) is 4.42 Å². The number of amides is 1. The first-order chi connectivity index (χ1) is 10.8. The van der Waals surface area contributed by atoms with Crippen LogP contribution in [0.5, 0.6) is 0 Å². The van der Waals surface area contributed by atoms with E-state index in [0.717, 1.165) is 31.0 Å². The van der Waals surface area contributed by atoms with Crippen molar-refractivity contribution in [2.75, 3.05) is 18.0 Å². The molecule has 1 unspecified atom stereocenters. The number of furan rings is 1. The van der Waals surface area contributed by atoms with Crippen LogP contribution in [0, 0.1) is 0 Å². The van der Waals surface area contributed by atoms with Crippen LogP contribution in [0.15, 0.2) is 41.1 Å². The largest absolute Gasteiger partial charge is 0.469 e. The Morgan fingerprint density at radius 3 is 3.14 bits per heavy atom. The molecule has 1 atom stereocenters. The van der Waals surface area contributed by atoms with E-state index in [-0.39, 0.29) is 5.91 Å². The summed E-state index contributed by atoms with van der Waals surface area (Å²) in [4.78, 5) is 14.2. The Morgan fingerprint density at radius 1 is 1.41 bits per heavy atom. The van der Waals surface area contributed by atoms with E-state index >= 15 is 0 Å². The van der Waals surface area contributed by atoms with Gasteiger partial charge in [0, 0.05) is 38.2 Å². The molecule has 6 heteroatoms. The van der Waals surface area contributed by atoms with Gasteiger partial charge >= 0.3 is 0 Å². The third-order valence-electron chi connectivity index (χ3n) is 3.94. The molecule has 1 N–H and O–H groups in total. The van der Waals surface area contributed by atoms with Crippen LogP contribution in [0.1, 0.15) is 25.0 Å². The number of anilines is 1. The molecule has 116 valence electrons. The van der Waals surface area contributed by atoms with E-state index in [2.05, 4.69) is 20.4 Å². The van der Waals surface area contributed by atoms with Gasteiger partial charge in [-0.2, -0.15) is 5.10 Å². The summed E-state index contributed by atoms with van der Waals surface area (Å²) in [6, 6.07) is 7.87. The number of aryl methyl sites for hydroxylation is 1. The molecule has 0 aliphatic carbocycles. The van der Waals surface area contributed by atoms with Crippen LogP contribution >= 0.6 is 0 Å². The maximum atomic E-state index is 11.9. The lowest BCUT2D eigenvalue weighted by atomic mass is 10.2. The van der Waals surface area contributed by atoms with Gasteiger partial charge in [0.05, 0.1) is 6.26 Å². The predicted molar refractivity (Wildman–Crippen MR) is 82.4 cm³/mol. The van der Waals surface area contributed by atoms with Crippen LogP contribution in [0.25, 0.3) is 0 Å². The maximum Gasteiger partial charge on any atom is 0.220 e. The Labute approximate surface area is 129 Å². The molecule has 0 aromatic carbocycles. The minimum Gasteiger partial charge on any atom is -0.469 e. The Morgan fingerprint density at radius 2 is 2.36 bits per heavy atom. The van der Waals surface area contributed by atoms with Gasteiger partial charge in [-0.3, -0.25) is 4.79 Å². The molecule has 0 saturated carbocycles. The van der Waals surface area contributed by atoms with Crippen molar-refractivity contribution in [1.82, 2.24) is 15.5 Å². The van der Waals surface area contributed by atoms with Crippen molar-refractivity contribution >= 4 is 11.7 Å². The number of nitrogens with one attached hydrogen (secondary N) is 1. The Hall–Kier alpha value is -2.37. The Bertz CT molecular complexity index is 585. The normalized spacial score (nSPS) is 17.6. The number of hydrogen-bond acceptors (Lipinski definition) is 5.